The lowest BCUT2D eigenvalue weighted by molar-refractivity contribution is 0.205. The zero-order valence-corrected chi connectivity index (χ0v) is 10.8. The molecule has 5 nitrogen and oxygen atoms in total. The van der Waals surface area contributed by atoms with Crippen molar-refractivity contribution >= 4 is 17.3 Å². The van der Waals surface area contributed by atoms with E-state index in [1.807, 2.05) is 0 Å². The van der Waals surface area contributed by atoms with Crippen LogP contribution in [-0.2, 0) is 7.05 Å². The number of hydrogen-bond donors (Lipinski definition) is 2. The smallest absolute Gasteiger partial charge is 0.162 e. The van der Waals surface area contributed by atoms with Gasteiger partial charge in [-0.05, 0) is 12.1 Å². The summed E-state index contributed by atoms with van der Waals surface area (Å²) in [6.07, 6.45) is 0.634. The highest BCUT2D eigenvalue weighted by Crippen LogP contribution is 2.33. The SMILES string of the molecule is COc1cnn(C)c1C(O)c1ccc(Cl)cc1N. The van der Waals surface area contributed by atoms with Gasteiger partial charge in [-0.15, -0.1) is 0 Å². The van der Waals surface area contributed by atoms with Crippen molar-refractivity contribution in [1.29, 1.82) is 0 Å². The number of rotatable bonds is 3. The van der Waals surface area contributed by atoms with Crippen molar-refractivity contribution in [1.82, 2.24) is 9.78 Å². The molecule has 0 fully saturated rings. The number of methoxy groups -OCH3 is 1. The first-order valence-electron chi connectivity index (χ1n) is 5.33. The molecule has 1 heterocycles. The molecule has 1 unspecified atom stereocenters. The third-order valence-corrected chi connectivity index (χ3v) is 3.01. The molecule has 6 heteroatoms. The van der Waals surface area contributed by atoms with E-state index >= 15 is 0 Å². The minimum atomic E-state index is -0.912. The lowest BCUT2D eigenvalue weighted by atomic mass is 10.0. The minimum Gasteiger partial charge on any atom is -0.493 e. The fourth-order valence-corrected chi connectivity index (χ4v) is 2.02. The average Bonchev–Trinajstić information content (AvgIpc) is 2.69. The summed E-state index contributed by atoms with van der Waals surface area (Å²) in [6.45, 7) is 0. The van der Waals surface area contributed by atoms with Gasteiger partial charge in [0.25, 0.3) is 0 Å². The van der Waals surface area contributed by atoms with E-state index in [-0.39, 0.29) is 0 Å². The van der Waals surface area contributed by atoms with Gasteiger partial charge in [-0.25, -0.2) is 0 Å². The van der Waals surface area contributed by atoms with E-state index in [2.05, 4.69) is 5.10 Å². The van der Waals surface area contributed by atoms with Gasteiger partial charge in [-0.2, -0.15) is 5.10 Å². The molecule has 0 aliphatic rings. The van der Waals surface area contributed by atoms with Crippen LogP contribution < -0.4 is 10.5 Å². The number of benzene rings is 1. The second-order valence-electron chi connectivity index (χ2n) is 3.90. The summed E-state index contributed by atoms with van der Waals surface area (Å²) in [5.41, 5.74) is 7.40. The zero-order chi connectivity index (χ0) is 13.3. The summed E-state index contributed by atoms with van der Waals surface area (Å²) < 4.78 is 6.72. The predicted octanol–water partition coefficient (Wildman–Crippen LogP) is 1.75. The second-order valence-corrected chi connectivity index (χ2v) is 4.33. The fourth-order valence-electron chi connectivity index (χ4n) is 1.84. The Morgan fingerprint density at radius 2 is 2.22 bits per heavy atom. The molecular weight excluding hydrogens is 254 g/mol. The molecule has 0 aliphatic heterocycles. The Morgan fingerprint density at radius 3 is 2.83 bits per heavy atom. The van der Waals surface area contributed by atoms with Crippen molar-refractivity contribution in [2.75, 3.05) is 12.8 Å². The Balaban J connectivity index is 2.47. The number of anilines is 1. The predicted molar refractivity (Wildman–Crippen MR) is 69.7 cm³/mol. The van der Waals surface area contributed by atoms with E-state index < -0.39 is 6.10 Å². The van der Waals surface area contributed by atoms with Crippen molar-refractivity contribution in [2.45, 2.75) is 6.10 Å². The lowest BCUT2D eigenvalue weighted by Gasteiger charge is -2.15. The van der Waals surface area contributed by atoms with Gasteiger partial charge < -0.3 is 15.6 Å². The first-order chi connectivity index (χ1) is 8.54. The molecular formula is C12H14ClN3O2. The van der Waals surface area contributed by atoms with E-state index in [4.69, 9.17) is 22.1 Å². The molecule has 96 valence electrons. The molecule has 0 aliphatic carbocycles. The number of ether oxygens (including phenoxy) is 1. The van der Waals surface area contributed by atoms with E-state index in [0.717, 1.165) is 0 Å². The summed E-state index contributed by atoms with van der Waals surface area (Å²) in [5, 5.41) is 15.0. The van der Waals surface area contributed by atoms with Crippen molar-refractivity contribution in [3.05, 3.63) is 40.7 Å². The maximum absolute atomic E-state index is 10.4. The number of aryl methyl sites for hydroxylation is 1. The maximum Gasteiger partial charge on any atom is 0.162 e. The highest BCUT2D eigenvalue weighted by Gasteiger charge is 2.21. The quantitative estimate of drug-likeness (QED) is 0.831. The fraction of sp³-hybridized carbons (Fsp3) is 0.250. The number of nitrogen functional groups attached to an aromatic ring is 1. The van der Waals surface area contributed by atoms with Gasteiger partial charge in [0.05, 0.1) is 13.3 Å². The van der Waals surface area contributed by atoms with E-state index in [1.54, 1.807) is 36.1 Å². The summed E-state index contributed by atoms with van der Waals surface area (Å²) in [5.74, 6) is 0.513. The largest absolute Gasteiger partial charge is 0.493 e. The zero-order valence-electron chi connectivity index (χ0n) is 10.1. The van der Waals surface area contributed by atoms with Crippen LogP contribution in [0.3, 0.4) is 0 Å². The van der Waals surface area contributed by atoms with Crippen LogP contribution in [0.4, 0.5) is 5.69 Å². The Labute approximate surface area is 110 Å². The molecule has 3 N–H and O–H groups in total. The average molecular weight is 268 g/mol. The number of aliphatic hydroxyl groups excluding tert-OH is 1. The minimum absolute atomic E-state index is 0.429. The number of hydrogen-bond acceptors (Lipinski definition) is 4. The number of aromatic nitrogens is 2. The standard InChI is InChI=1S/C12H14ClN3O2/c1-16-11(10(18-2)6-15-16)12(17)8-4-3-7(13)5-9(8)14/h3-6,12,17H,14H2,1-2H3. The van der Waals surface area contributed by atoms with Crippen LogP contribution in [0.15, 0.2) is 24.4 Å². The Hall–Kier alpha value is -1.72. The Kier molecular flexibility index (Phi) is 3.45. The molecule has 18 heavy (non-hydrogen) atoms. The molecule has 0 bridgehead atoms. The van der Waals surface area contributed by atoms with Crippen LogP contribution >= 0.6 is 11.6 Å². The Bertz CT molecular complexity index is 568. The second kappa shape index (κ2) is 4.88. The number of nitrogens with zero attached hydrogens (tertiary/aromatic N) is 2. The summed E-state index contributed by atoms with van der Waals surface area (Å²) in [7, 11) is 3.26. The molecule has 0 saturated heterocycles. The van der Waals surface area contributed by atoms with Gasteiger partial charge in [-0.1, -0.05) is 17.7 Å². The molecule has 1 atom stereocenters. The Morgan fingerprint density at radius 1 is 1.50 bits per heavy atom. The molecule has 0 spiro atoms. The molecule has 0 radical (unpaired) electrons. The van der Waals surface area contributed by atoms with Gasteiger partial charge in [0.15, 0.2) is 5.75 Å². The number of aliphatic hydroxyl groups is 1. The van der Waals surface area contributed by atoms with Crippen LogP contribution in [-0.4, -0.2) is 22.0 Å². The summed E-state index contributed by atoms with van der Waals surface area (Å²) in [4.78, 5) is 0. The molecule has 1 aromatic heterocycles. The van der Waals surface area contributed by atoms with Crippen LogP contribution in [0.1, 0.15) is 17.4 Å². The van der Waals surface area contributed by atoms with Crippen molar-refractivity contribution in [2.24, 2.45) is 7.05 Å². The van der Waals surface area contributed by atoms with Crippen LogP contribution in [0, 0.1) is 0 Å². The topological polar surface area (TPSA) is 73.3 Å². The molecule has 1 aromatic carbocycles. The molecule has 0 amide bonds. The van der Waals surface area contributed by atoms with Gasteiger partial charge >= 0.3 is 0 Å². The van der Waals surface area contributed by atoms with Gasteiger partial charge in [0, 0.05) is 23.3 Å². The first-order valence-corrected chi connectivity index (χ1v) is 5.71. The summed E-state index contributed by atoms with van der Waals surface area (Å²) in [6, 6.07) is 4.97. The molecule has 2 rings (SSSR count). The number of nitrogens with two attached hydrogens (primary N) is 1. The van der Waals surface area contributed by atoms with Crippen LogP contribution in [0.5, 0.6) is 5.75 Å². The third kappa shape index (κ3) is 2.14. The first kappa shape index (κ1) is 12.7. The van der Waals surface area contributed by atoms with Crippen molar-refractivity contribution < 1.29 is 9.84 Å². The molecule has 0 saturated carbocycles. The summed E-state index contributed by atoms with van der Waals surface area (Å²) >= 11 is 5.83. The highest BCUT2D eigenvalue weighted by atomic mass is 35.5. The van der Waals surface area contributed by atoms with Crippen molar-refractivity contribution in [3.8, 4) is 5.75 Å². The maximum atomic E-state index is 10.4. The van der Waals surface area contributed by atoms with Gasteiger partial charge in [-0.3, -0.25) is 4.68 Å². The van der Waals surface area contributed by atoms with E-state index in [9.17, 15) is 5.11 Å². The third-order valence-electron chi connectivity index (χ3n) is 2.77. The number of halogens is 1. The molecule has 2 aromatic rings. The van der Waals surface area contributed by atoms with Gasteiger partial charge in [0.1, 0.15) is 11.8 Å². The van der Waals surface area contributed by atoms with E-state index in [0.29, 0.717) is 27.7 Å². The van der Waals surface area contributed by atoms with E-state index in [1.165, 1.54) is 7.11 Å². The normalized spacial score (nSPS) is 12.4. The highest BCUT2D eigenvalue weighted by molar-refractivity contribution is 6.30. The monoisotopic (exact) mass is 267 g/mol. The van der Waals surface area contributed by atoms with Gasteiger partial charge in [0.2, 0.25) is 0 Å². The van der Waals surface area contributed by atoms with Crippen LogP contribution in [0.2, 0.25) is 5.02 Å². The van der Waals surface area contributed by atoms with Crippen LogP contribution in [0.25, 0.3) is 0 Å². The lowest BCUT2D eigenvalue weighted by Crippen LogP contribution is -2.10. The van der Waals surface area contributed by atoms with Crippen molar-refractivity contribution in [3.63, 3.8) is 0 Å².